The zero-order valence-corrected chi connectivity index (χ0v) is 3.79. The molecule has 0 radical (unpaired) electrons. The Hall–Kier alpha value is 0.310. The summed E-state index contributed by atoms with van der Waals surface area (Å²) in [6.45, 7) is 0. The van der Waals surface area contributed by atoms with Crippen molar-refractivity contribution in [1.82, 2.24) is 4.90 Å². The van der Waals surface area contributed by atoms with Gasteiger partial charge in [0.05, 0.1) is 0 Å². The molecule has 1 rings (SSSR count). The molecule has 1 nitrogen and oxygen atoms in total. The van der Waals surface area contributed by atoms with Crippen LogP contribution in [-0.2, 0) is 0 Å². The van der Waals surface area contributed by atoms with E-state index in [4.69, 9.17) is 0 Å². The van der Waals surface area contributed by atoms with Crippen molar-refractivity contribution < 1.29 is 0 Å². The molecule has 0 atom stereocenters. The molecule has 0 spiro atoms. The minimum atomic E-state index is 1.12. The Morgan fingerprint density at radius 3 is 2.00 bits per heavy atom. The molecule has 0 saturated carbocycles. The molecule has 0 aromatic rings. The van der Waals surface area contributed by atoms with Crippen LogP contribution in [0, 0.1) is 7.05 Å². The van der Waals surface area contributed by atoms with E-state index in [0.29, 0.717) is 0 Å². The van der Waals surface area contributed by atoms with Crippen molar-refractivity contribution >= 4 is 11.8 Å². The van der Waals surface area contributed by atoms with Crippen molar-refractivity contribution in [2.24, 2.45) is 0 Å². The van der Waals surface area contributed by atoms with E-state index in [2.05, 4.69) is 7.05 Å². The van der Waals surface area contributed by atoms with Crippen molar-refractivity contribution in [3.8, 4) is 0 Å². The van der Waals surface area contributed by atoms with Crippen LogP contribution in [0.4, 0.5) is 0 Å². The average Bonchev–Trinajstić information content (AvgIpc) is 1.30. The highest BCUT2D eigenvalue weighted by atomic mass is 32.2. The standard InChI is InChI=1S/C3H6NS/c1-4-2-5-3-4/h1-3H2/q-1. The van der Waals surface area contributed by atoms with Gasteiger partial charge in [0.15, 0.2) is 0 Å². The lowest BCUT2D eigenvalue weighted by Crippen LogP contribution is -2.24. The molecule has 1 heterocycles. The third-order valence-electron chi connectivity index (χ3n) is 0.548. The molecule has 0 bridgehead atoms. The number of rotatable bonds is 0. The van der Waals surface area contributed by atoms with Gasteiger partial charge in [0, 0.05) is 11.8 Å². The van der Waals surface area contributed by atoms with Crippen LogP contribution < -0.4 is 0 Å². The summed E-state index contributed by atoms with van der Waals surface area (Å²) < 4.78 is 0. The first kappa shape index (κ1) is 3.50. The van der Waals surface area contributed by atoms with Crippen LogP contribution in [-0.4, -0.2) is 16.7 Å². The van der Waals surface area contributed by atoms with Crippen molar-refractivity contribution in [3.63, 3.8) is 0 Å². The maximum absolute atomic E-state index is 3.66. The molecule has 5 heavy (non-hydrogen) atoms. The maximum Gasteiger partial charge on any atom is 0.0188 e. The summed E-state index contributed by atoms with van der Waals surface area (Å²) in [5.74, 6) is 2.25. The van der Waals surface area contributed by atoms with Gasteiger partial charge in [0.2, 0.25) is 0 Å². The predicted octanol–water partition coefficient (Wildman–Crippen LogP) is 0.742. The van der Waals surface area contributed by atoms with Crippen molar-refractivity contribution in [2.45, 2.75) is 0 Å². The highest BCUT2D eigenvalue weighted by Crippen LogP contribution is 2.15. The van der Waals surface area contributed by atoms with Gasteiger partial charge in [-0.2, -0.15) is 0 Å². The van der Waals surface area contributed by atoms with Crippen molar-refractivity contribution in [3.05, 3.63) is 7.05 Å². The summed E-state index contributed by atoms with van der Waals surface area (Å²) in [6.07, 6.45) is 0. The fourth-order valence-corrected chi connectivity index (χ4v) is 0.661. The summed E-state index contributed by atoms with van der Waals surface area (Å²) in [6, 6.07) is 0. The van der Waals surface area contributed by atoms with Gasteiger partial charge in [-0.1, -0.05) is 0 Å². The first-order valence-corrected chi connectivity index (χ1v) is 2.68. The molecule has 0 aliphatic carbocycles. The fourth-order valence-electron chi connectivity index (χ4n) is 0.220. The second-order valence-electron chi connectivity index (χ2n) is 1.13. The Morgan fingerprint density at radius 1 is 1.60 bits per heavy atom. The third-order valence-corrected chi connectivity index (χ3v) is 1.64. The van der Waals surface area contributed by atoms with Crippen LogP contribution in [0.25, 0.3) is 0 Å². The largest absolute Gasteiger partial charge is 0.442 e. The fraction of sp³-hybridized carbons (Fsp3) is 0.667. The van der Waals surface area contributed by atoms with Crippen LogP contribution in [0.5, 0.6) is 0 Å². The smallest absolute Gasteiger partial charge is 0.0188 e. The van der Waals surface area contributed by atoms with Crippen LogP contribution in [0.1, 0.15) is 0 Å². The average molecular weight is 88.2 g/mol. The van der Waals surface area contributed by atoms with Gasteiger partial charge in [-0.25, -0.2) is 0 Å². The molecule has 2 heteroatoms. The summed E-state index contributed by atoms with van der Waals surface area (Å²) in [5.41, 5.74) is 0. The highest BCUT2D eigenvalue weighted by Gasteiger charge is 1.98. The van der Waals surface area contributed by atoms with E-state index < -0.39 is 0 Å². The van der Waals surface area contributed by atoms with Crippen molar-refractivity contribution in [1.29, 1.82) is 0 Å². The molecule has 0 amide bonds. The zero-order chi connectivity index (χ0) is 3.70. The minimum absolute atomic E-state index is 1.12. The Morgan fingerprint density at radius 2 is 2.00 bits per heavy atom. The van der Waals surface area contributed by atoms with E-state index >= 15 is 0 Å². The zero-order valence-electron chi connectivity index (χ0n) is 2.98. The van der Waals surface area contributed by atoms with Gasteiger partial charge in [0.25, 0.3) is 0 Å². The van der Waals surface area contributed by atoms with E-state index in [1.807, 2.05) is 16.7 Å². The lowest BCUT2D eigenvalue weighted by atomic mass is 11.0. The molecule has 30 valence electrons. The monoisotopic (exact) mass is 88.0 g/mol. The Kier molecular flexibility index (Phi) is 0.830. The van der Waals surface area contributed by atoms with E-state index in [9.17, 15) is 0 Å². The Balaban J connectivity index is 2.08. The molecule has 1 saturated heterocycles. The molecule has 1 aliphatic rings. The quantitative estimate of drug-likeness (QED) is 0.402. The second-order valence-corrected chi connectivity index (χ2v) is 2.06. The van der Waals surface area contributed by atoms with Crippen LogP contribution in [0.3, 0.4) is 0 Å². The molecule has 0 unspecified atom stereocenters. The topological polar surface area (TPSA) is 3.24 Å². The van der Waals surface area contributed by atoms with E-state index in [1.165, 1.54) is 0 Å². The summed E-state index contributed by atoms with van der Waals surface area (Å²) in [4.78, 5) is 2.02. The first-order chi connectivity index (χ1) is 2.39. The number of nitrogens with zero attached hydrogens (tertiary/aromatic N) is 1. The third kappa shape index (κ3) is 0.578. The van der Waals surface area contributed by atoms with Gasteiger partial charge in [-0.3, -0.25) is 7.05 Å². The number of hydrogen-bond donors (Lipinski definition) is 0. The number of hydrogen-bond acceptors (Lipinski definition) is 2. The predicted molar refractivity (Wildman–Crippen MR) is 24.5 cm³/mol. The molecule has 1 fully saturated rings. The summed E-state index contributed by atoms with van der Waals surface area (Å²) in [5, 5.41) is 0. The van der Waals surface area contributed by atoms with E-state index in [1.54, 1.807) is 0 Å². The summed E-state index contributed by atoms with van der Waals surface area (Å²) in [7, 11) is 3.66. The Labute approximate surface area is 36.3 Å². The lowest BCUT2D eigenvalue weighted by Gasteiger charge is -2.33. The highest BCUT2D eigenvalue weighted by molar-refractivity contribution is 8.00. The molecule has 1 aliphatic heterocycles. The normalized spacial score (nSPS) is 25.8. The van der Waals surface area contributed by atoms with Crippen molar-refractivity contribution in [2.75, 3.05) is 11.8 Å². The van der Waals surface area contributed by atoms with E-state index in [0.717, 1.165) is 11.8 Å². The maximum atomic E-state index is 3.66. The second kappa shape index (κ2) is 1.19. The molecular formula is C3H6NS-. The van der Waals surface area contributed by atoms with Gasteiger partial charge in [0.1, 0.15) is 0 Å². The summed E-state index contributed by atoms with van der Waals surface area (Å²) >= 11 is 1.91. The van der Waals surface area contributed by atoms with Gasteiger partial charge < -0.3 is 4.90 Å². The van der Waals surface area contributed by atoms with E-state index in [-0.39, 0.29) is 0 Å². The van der Waals surface area contributed by atoms with Gasteiger partial charge >= 0.3 is 0 Å². The van der Waals surface area contributed by atoms with Crippen LogP contribution in [0.15, 0.2) is 0 Å². The minimum Gasteiger partial charge on any atom is -0.442 e. The van der Waals surface area contributed by atoms with Gasteiger partial charge in [-0.15, -0.1) is 11.8 Å². The molecular weight excluding hydrogens is 82.1 g/mol. The molecule has 0 aromatic heterocycles. The van der Waals surface area contributed by atoms with Crippen LogP contribution >= 0.6 is 11.8 Å². The lowest BCUT2D eigenvalue weighted by molar-refractivity contribution is 0.477. The van der Waals surface area contributed by atoms with Gasteiger partial charge in [-0.05, 0) is 0 Å². The SMILES string of the molecule is [CH2-]N1CSC1. The number of thioether (sulfide) groups is 1. The first-order valence-electron chi connectivity index (χ1n) is 1.53. The van der Waals surface area contributed by atoms with Crippen LogP contribution in [0.2, 0.25) is 0 Å². The Bertz CT molecular complexity index is 33.9. The molecule has 0 aromatic carbocycles. The molecule has 0 N–H and O–H groups in total.